The van der Waals surface area contributed by atoms with Gasteiger partial charge in [-0.15, -0.1) is 0 Å². The van der Waals surface area contributed by atoms with Gasteiger partial charge < -0.3 is 4.74 Å². The Balaban J connectivity index is 2.99. The lowest BCUT2D eigenvalue weighted by molar-refractivity contribution is -0.145. The highest BCUT2D eigenvalue weighted by molar-refractivity contribution is 4.49. The van der Waals surface area contributed by atoms with Gasteiger partial charge in [0.15, 0.2) is 0 Å². The number of ether oxygens (including phenoxy) is 1. The molecule has 0 saturated heterocycles. The minimum Gasteiger partial charge on any atom is -0.381 e. The normalized spacial score (nSPS) is 12.0. The van der Waals surface area contributed by atoms with Gasteiger partial charge in [0.2, 0.25) is 0 Å². The van der Waals surface area contributed by atoms with E-state index < -0.39 is 12.6 Å². The molecule has 0 aromatic rings. The Hall–Kier alpha value is -0.250. The van der Waals surface area contributed by atoms with E-state index in [0.717, 1.165) is 12.8 Å². The van der Waals surface area contributed by atoms with E-state index in [9.17, 15) is 13.2 Å². The van der Waals surface area contributed by atoms with Gasteiger partial charge in [-0.3, -0.25) is 0 Å². The molecule has 0 bridgehead atoms. The highest BCUT2D eigenvalue weighted by Gasteiger charge is 2.26. The van der Waals surface area contributed by atoms with Crippen LogP contribution in [0.4, 0.5) is 13.2 Å². The summed E-state index contributed by atoms with van der Waals surface area (Å²) in [6.45, 7) is 2.44. The van der Waals surface area contributed by atoms with Gasteiger partial charge in [-0.2, -0.15) is 13.2 Å². The van der Waals surface area contributed by atoms with Crippen LogP contribution in [-0.4, -0.2) is 19.4 Å². The van der Waals surface area contributed by atoms with Crippen molar-refractivity contribution in [2.75, 3.05) is 13.2 Å². The minimum atomic E-state index is -4.08. The second-order valence-electron chi connectivity index (χ2n) is 4.10. The maximum absolute atomic E-state index is 11.7. The van der Waals surface area contributed by atoms with Crippen molar-refractivity contribution in [2.45, 2.75) is 64.5 Å². The molecule has 0 aromatic heterocycles. The molecule has 0 N–H and O–H groups in total. The monoisotopic (exact) mass is 240 g/mol. The van der Waals surface area contributed by atoms with E-state index in [4.69, 9.17) is 4.74 Å². The van der Waals surface area contributed by atoms with Crippen LogP contribution in [0.25, 0.3) is 0 Å². The number of unbranched alkanes of at least 4 members (excludes halogenated alkanes) is 6. The van der Waals surface area contributed by atoms with Gasteiger partial charge in [0.25, 0.3) is 0 Å². The molecule has 0 heterocycles. The largest absolute Gasteiger partial charge is 0.391 e. The molecule has 0 aliphatic carbocycles. The van der Waals surface area contributed by atoms with E-state index in [-0.39, 0.29) is 6.61 Å². The van der Waals surface area contributed by atoms with Gasteiger partial charge in [-0.1, -0.05) is 45.4 Å². The Labute approximate surface area is 96.4 Å². The lowest BCUT2D eigenvalue weighted by Gasteiger charge is -2.07. The Morgan fingerprint density at radius 1 is 0.812 bits per heavy atom. The molecule has 0 unspecified atom stereocenters. The SMILES string of the molecule is CCCCCCCCCOCCC(F)(F)F. The van der Waals surface area contributed by atoms with Crippen LogP contribution in [0, 0.1) is 0 Å². The zero-order valence-electron chi connectivity index (χ0n) is 10.1. The van der Waals surface area contributed by atoms with Crippen molar-refractivity contribution in [1.82, 2.24) is 0 Å². The van der Waals surface area contributed by atoms with Gasteiger partial charge in [0, 0.05) is 6.61 Å². The fraction of sp³-hybridized carbons (Fsp3) is 1.00. The predicted octanol–water partition coefficient (Wildman–Crippen LogP) is 4.71. The van der Waals surface area contributed by atoms with Crippen molar-refractivity contribution in [3.05, 3.63) is 0 Å². The van der Waals surface area contributed by atoms with Crippen LogP contribution in [-0.2, 0) is 4.74 Å². The molecule has 0 radical (unpaired) electrons. The fourth-order valence-corrected chi connectivity index (χ4v) is 1.45. The van der Waals surface area contributed by atoms with Crippen LogP contribution in [0.1, 0.15) is 58.3 Å². The van der Waals surface area contributed by atoms with Crippen molar-refractivity contribution < 1.29 is 17.9 Å². The summed E-state index contributed by atoms with van der Waals surface area (Å²) >= 11 is 0. The third kappa shape index (κ3) is 13.8. The molecule has 0 aliphatic rings. The Morgan fingerprint density at radius 3 is 1.94 bits per heavy atom. The summed E-state index contributed by atoms with van der Waals surface area (Å²) < 4.78 is 40.1. The molecule has 0 aromatic carbocycles. The van der Waals surface area contributed by atoms with Crippen LogP contribution in [0.5, 0.6) is 0 Å². The van der Waals surface area contributed by atoms with Crippen molar-refractivity contribution in [3.8, 4) is 0 Å². The molecule has 4 heteroatoms. The van der Waals surface area contributed by atoms with E-state index in [1.807, 2.05) is 0 Å². The first-order chi connectivity index (χ1) is 7.56. The molecular weight excluding hydrogens is 217 g/mol. The van der Waals surface area contributed by atoms with E-state index in [1.54, 1.807) is 0 Å². The van der Waals surface area contributed by atoms with E-state index >= 15 is 0 Å². The van der Waals surface area contributed by atoms with Gasteiger partial charge in [0.05, 0.1) is 13.0 Å². The average molecular weight is 240 g/mol. The fourth-order valence-electron chi connectivity index (χ4n) is 1.45. The maximum Gasteiger partial charge on any atom is 0.391 e. The summed E-state index contributed by atoms with van der Waals surface area (Å²) in [6, 6.07) is 0. The molecule has 16 heavy (non-hydrogen) atoms. The van der Waals surface area contributed by atoms with Crippen LogP contribution >= 0.6 is 0 Å². The molecule has 0 spiro atoms. The zero-order chi connectivity index (χ0) is 12.3. The highest BCUT2D eigenvalue weighted by Crippen LogP contribution is 2.19. The summed E-state index contributed by atoms with van der Waals surface area (Å²) in [5.74, 6) is 0. The van der Waals surface area contributed by atoms with Gasteiger partial charge >= 0.3 is 6.18 Å². The number of hydrogen-bond acceptors (Lipinski definition) is 1. The quantitative estimate of drug-likeness (QED) is 0.503. The second-order valence-corrected chi connectivity index (χ2v) is 4.10. The summed E-state index contributed by atoms with van der Waals surface area (Å²) in [5.41, 5.74) is 0. The molecule has 98 valence electrons. The van der Waals surface area contributed by atoms with Crippen molar-refractivity contribution >= 4 is 0 Å². The van der Waals surface area contributed by atoms with E-state index in [0.29, 0.717) is 6.61 Å². The number of hydrogen-bond donors (Lipinski definition) is 0. The minimum absolute atomic E-state index is 0.195. The summed E-state index contributed by atoms with van der Waals surface area (Å²) in [7, 11) is 0. The highest BCUT2D eigenvalue weighted by atomic mass is 19.4. The standard InChI is InChI=1S/C12H23F3O/c1-2-3-4-5-6-7-8-10-16-11-9-12(13,14)15/h2-11H2,1H3. The molecule has 0 fully saturated rings. The molecule has 0 atom stereocenters. The maximum atomic E-state index is 11.7. The van der Waals surface area contributed by atoms with Crippen LogP contribution in [0.2, 0.25) is 0 Å². The van der Waals surface area contributed by atoms with Crippen LogP contribution in [0.15, 0.2) is 0 Å². The number of alkyl halides is 3. The smallest absolute Gasteiger partial charge is 0.381 e. The van der Waals surface area contributed by atoms with E-state index in [2.05, 4.69) is 6.92 Å². The topological polar surface area (TPSA) is 9.23 Å². The molecule has 0 saturated carbocycles. The summed E-state index contributed by atoms with van der Waals surface area (Å²) in [6.07, 6.45) is 3.22. The first-order valence-electron chi connectivity index (χ1n) is 6.20. The summed E-state index contributed by atoms with van der Waals surface area (Å²) in [4.78, 5) is 0. The number of rotatable bonds is 10. The Morgan fingerprint density at radius 2 is 1.38 bits per heavy atom. The zero-order valence-corrected chi connectivity index (χ0v) is 10.1. The van der Waals surface area contributed by atoms with Gasteiger partial charge in [-0.05, 0) is 6.42 Å². The van der Waals surface area contributed by atoms with Gasteiger partial charge in [0.1, 0.15) is 0 Å². The van der Waals surface area contributed by atoms with Gasteiger partial charge in [-0.25, -0.2) is 0 Å². The molecule has 0 amide bonds. The Kier molecular flexibility index (Phi) is 9.78. The molecule has 0 rings (SSSR count). The molecular formula is C12H23F3O. The molecule has 1 nitrogen and oxygen atoms in total. The van der Waals surface area contributed by atoms with Crippen molar-refractivity contribution in [2.24, 2.45) is 0 Å². The van der Waals surface area contributed by atoms with Crippen LogP contribution in [0.3, 0.4) is 0 Å². The first kappa shape index (κ1) is 15.8. The molecule has 0 aliphatic heterocycles. The first-order valence-corrected chi connectivity index (χ1v) is 6.20. The average Bonchev–Trinajstić information content (AvgIpc) is 2.19. The Bertz CT molecular complexity index is 146. The lowest BCUT2D eigenvalue weighted by Crippen LogP contribution is -2.11. The van der Waals surface area contributed by atoms with Crippen molar-refractivity contribution in [3.63, 3.8) is 0 Å². The second kappa shape index (κ2) is 9.94. The van der Waals surface area contributed by atoms with E-state index in [1.165, 1.54) is 32.1 Å². The third-order valence-electron chi connectivity index (χ3n) is 2.42. The predicted molar refractivity (Wildman–Crippen MR) is 59.5 cm³/mol. The lowest BCUT2D eigenvalue weighted by atomic mass is 10.1. The summed E-state index contributed by atoms with van der Waals surface area (Å²) in [5, 5.41) is 0. The number of halogens is 3. The van der Waals surface area contributed by atoms with Crippen LogP contribution < -0.4 is 0 Å². The third-order valence-corrected chi connectivity index (χ3v) is 2.42. The van der Waals surface area contributed by atoms with Crippen molar-refractivity contribution in [1.29, 1.82) is 0 Å².